The van der Waals surface area contributed by atoms with Crippen LogP contribution in [0.1, 0.15) is 51.4 Å². The van der Waals surface area contributed by atoms with E-state index in [4.69, 9.17) is 5.11 Å². The van der Waals surface area contributed by atoms with Gasteiger partial charge < -0.3 is 5.11 Å². The highest BCUT2D eigenvalue weighted by atomic mass is 16.2. The molecule has 0 aromatic heterocycles. The number of allylic oxidation sites excluding steroid dienone is 2. The molecule has 0 rings (SSSR count). The average molecular weight is 198 g/mol. The summed E-state index contributed by atoms with van der Waals surface area (Å²) < 4.78 is 0. The number of rotatable bonds is 10. The lowest BCUT2D eigenvalue weighted by atomic mass is 10.1. The van der Waals surface area contributed by atoms with Crippen LogP contribution in [-0.2, 0) is 4.79 Å². The van der Waals surface area contributed by atoms with E-state index in [1.807, 2.05) is 6.08 Å². The standard InChI is InChI=1S/C12H22O2/c13-11-9-7-5-3-1-2-4-6-8-10-12-14/h7,9,11,14H,1-6,8,10,12H2/b9-7+. The third-order valence-electron chi connectivity index (χ3n) is 2.24. The Labute approximate surface area is 87.0 Å². The highest BCUT2D eigenvalue weighted by molar-refractivity contribution is 5.64. The van der Waals surface area contributed by atoms with E-state index >= 15 is 0 Å². The van der Waals surface area contributed by atoms with Crippen molar-refractivity contribution in [1.29, 1.82) is 0 Å². The summed E-state index contributed by atoms with van der Waals surface area (Å²) in [5.74, 6) is 0. The Balaban J connectivity index is 2.91. The molecule has 0 unspecified atom stereocenters. The van der Waals surface area contributed by atoms with E-state index in [9.17, 15) is 4.79 Å². The number of aliphatic hydroxyl groups excluding tert-OH is 1. The van der Waals surface area contributed by atoms with Crippen LogP contribution in [0, 0.1) is 0 Å². The Morgan fingerprint density at radius 1 is 0.857 bits per heavy atom. The zero-order valence-electron chi connectivity index (χ0n) is 8.95. The fourth-order valence-electron chi connectivity index (χ4n) is 1.41. The van der Waals surface area contributed by atoms with E-state index in [1.54, 1.807) is 6.08 Å². The van der Waals surface area contributed by atoms with Crippen LogP contribution in [0.15, 0.2) is 12.2 Å². The molecule has 0 radical (unpaired) electrons. The minimum atomic E-state index is 0.330. The van der Waals surface area contributed by atoms with E-state index in [2.05, 4.69) is 0 Å². The second-order valence-electron chi connectivity index (χ2n) is 3.55. The van der Waals surface area contributed by atoms with Crippen LogP contribution < -0.4 is 0 Å². The van der Waals surface area contributed by atoms with Gasteiger partial charge in [0, 0.05) is 6.61 Å². The molecule has 82 valence electrons. The second-order valence-corrected chi connectivity index (χ2v) is 3.55. The summed E-state index contributed by atoms with van der Waals surface area (Å²) in [4.78, 5) is 9.93. The van der Waals surface area contributed by atoms with Gasteiger partial charge in [-0.3, -0.25) is 4.79 Å². The zero-order chi connectivity index (χ0) is 10.5. The number of carbonyl (C=O) groups is 1. The van der Waals surface area contributed by atoms with Crippen molar-refractivity contribution in [2.45, 2.75) is 51.4 Å². The number of aliphatic hydroxyl groups is 1. The van der Waals surface area contributed by atoms with Gasteiger partial charge in [-0.1, -0.05) is 38.2 Å². The van der Waals surface area contributed by atoms with Crippen molar-refractivity contribution in [3.8, 4) is 0 Å². The van der Waals surface area contributed by atoms with Gasteiger partial charge in [-0.25, -0.2) is 0 Å². The Kier molecular flexibility index (Phi) is 11.8. The number of aldehydes is 1. The van der Waals surface area contributed by atoms with Crippen molar-refractivity contribution < 1.29 is 9.90 Å². The van der Waals surface area contributed by atoms with Gasteiger partial charge in [-0.05, 0) is 25.3 Å². The molecular weight excluding hydrogens is 176 g/mol. The lowest BCUT2D eigenvalue weighted by Gasteiger charge is -1.99. The van der Waals surface area contributed by atoms with E-state index in [0.29, 0.717) is 6.61 Å². The van der Waals surface area contributed by atoms with Crippen LogP contribution in [0.2, 0.25) is 0 Å². The number of carbonyl (C=O) groups excluding carboxylic acids is 1. The van der Waals surface area contributed by atoms with Gasteiger partial charge >= 0.3 is 0 Å². The molecule has 2 nitrogen and oxygen atoms in total. The number of unbranched alkanes of at least 4 members (excludes halogenated alkanes) is 7. The Morgan fingerprint density at radius 2 is 1.43 bits per heavy atom. The third-order valence-corrected chi connectivity index (χ3v) is 2.24. The molecule has 0 bridgehead atoms. The van der Waals surface area contributed by atoms with Crippen LogP contribution in [0.25, 0.3) is 0 Å². The van der Waals surface area contributed by atoms with Gasteiger partial charge in [0.05, 0.1) is 0 Å². The topological polar surface area (TPSA) is 37.3 Å². The van der Waals surface area contributed by atoms with Crippen molar-refractivity contribution in [1.82, 2.24) is 0 Å². The predicted octanol–water partition coefficient (Wildman–Crippen LogP) is 2.85. The first kappa shape index (κ1) is 13.4. The largest absolute Gasteiger partial charge is 0.396 e. The van der Waals surface area contributed by atoms with Crippen molar-refractivity contribution in [2.24, 2.45) is 0 Å². The van der Waals surface area contributed by atoms with E-state index in [0.717, 1.165) is 25.5 Å². The minimum absolute atomic E-state index is 0.330. The minimum Gasteiger partial charge on any atom is -0.396 e. The molecule has 0 saturated heterocycles. The monoisotopic (exact) mass is 198 g/mol. The molecule has 0 aliphatic heterocycles. The van der Waals surface area contributed by atoms with E-state index in [-0.39, 0.29) is 0 Å². The summed E-state index contributed by atoms with van der Waals surface area (Å²) in [6.45, 7) is 0.330. The van der Waals surface area contributed by atoms with Gasteiger partial charge in [0.15, 0.2) is 0 Å². The second kappa shape index (κ2) is 12.4. The molecular formula is C12H22O2. The molecule has 0 saturated carbocycles. The first-order valence-corrected chi connectivity index (χ1v) is 5.63. The van der Waals surface area contributed by atoms with Crippen LogP contribution in [0.5, 0.6) is 0 Å². The van der Waals surface area contributed by atoms with Crippen molar-refractivity contribution in [2.75, 3.05) is 6.61 Å². The fraction of sp³-hybridized carbons (Fsp3) is 0.750. The average Bonchev–Trinajstić information content (AvgIpc) is 2.21. The molecule has 0 amide bonds. The lowest BCUT2D eigenvalue weighted by molar-refractivity contribution is -0.104. The quantitative estimate of drug-likeness (QED) is 0.333. The summed E-state index contributed by atoms with van der Waals surface area (Å²) in [5, 5.41) is 8.55. The zero-order valence-corrected chi connectivity index (χ0v) is 8.95. The molecule has 0 aromatic carbocycles. The van der Waals surface area contributed by atoms with Gasteiger partial charge in [-0.2, -0.15) is 0 Å². The smallest absolute Gasteiger partial charge is 0.142 e. The summed E-state index contributed by atoms with van der Waals surface area (Å²) in [6, 6.07) is 0. The summed E-state index contributed by atoms with van der Waals surface area (Å²) in [6.07, 6.45) is 13.7. The van der Waals surface area contributed by atoms with Crippen LogP contribution in [0.3, 0.4) is 0 Å². The molecule has 1 N–H and O–H groups in total. The summed E-state index contributed by atoms with van der Waals surface area (Å²) in [7, 11) is 0. The van der Waals surface area contributed by atoms with Crippen LogP contribution in [0.4, 0.5) is 0 Å². The highest BCUT2D eigenvalue weighted by Gasteiger charge is 1.90. The maximum Gasteiger partial charge on any atom is 0.142 e. The van der Waals surface area contributed by atoms with Crippen LogP contribution in [-0.4, -0.2) is 18.0 Å². The first-order valence-electron chi connectivity index (χ1n) is 5.63. The SMILES string of the molecule is O=C/C=C/CCCCCCCCCO. The maximum absolute atomic E-state index is 9.93. The normalized spacial score (nSPS) is 10.9. The molecule has 0 heterocycles. The van der Waals surface area contributed by atoms with Gasteiger partial charge in [0.2, 0.25) is 0 Å². The Morgan fingerprint density at radius 3 is 2.00 bits per heavy atom. The molecule has 0 aliphatic carbocycles. The molecule has 0 aromatic rings. The highest BCUT2D eigenvalue weighted by Crippen LogP contribution is 2.08. The molecule has 0 fully saturated rings. The summed E-state index contributed by atoms with van der Waals surface area (Å²) in [5.41, 5.74) is 0. The van der Waals surface area contributed by atoms with Crippen molar-refractivity contribution in [3.05, 3.63) is 12.2 Å². The summed E-state index contributed by atoms with van der Waals surface area (Å²) >= 11 is 0. The molecule has 0 atom stereocenters. The molecule has 2 heteroatoms. The van der Waals surface area contributed by atoms with Gasteiger partial charge in [0.1, 0.15) is 6.29 Å². The predicted molar refractivity (Wildman–Crippen MR) is 59.2 cm³/mol. The van der Waals surface area contributed by atoms with Crippen LogP contribution >= 0.6 is 0 Å². The Hall–Kier alpha value is -0.630. The maximum atomic E-state index is 9.93. The molecule has 14 heavy (non-hydrogen) atoms. The van der Waals surface area contributed by atoms with E-state index < -0.39 is 0 Å². The van der Waals surface area contributed by atoms with E-state index in [1.165, 1.54) is 32.1 Å². The lowest BCUT2D eigenvalue weighted by Crippen LogP contribution is -1.83. The van der Waals surface area contributed by atoms with Crippen molar-refractivity contribution >= 4 is 6.29 Å². The fourth-order valence-corrected chi connectivity index (χ4v) is 1.41. The van der Waals surface area contributed by atoms with Gasteiger partial charge in [0.25, 0.3) is 0 Å². The first-order chi connectivity index (χ1) is 6.91. The number of hydrogen-bond donors (Lipinski definition) is 1. The van der Waals surface area contributed by atoms with Crippen molar-refractivity contribution in [3.63, 3.8) is 0 Å². The Bertz CT molecular complexity index is 141. The number of hydrogen-bond acceptors (Lipinski definition) is 2. The third kappa shape index (κ3) is 11.4. The molecule has 0 aliphatic rings. The molecule has 0 spiro atoms. The van der Waals surface area contributed by atoms with Gasteiger partial charge in [-0.15, -0.1) is 0 Å².